The zero-order chi connectivity index (χ0) is 18.1. The molecule has 26 heavy (non-hydrogen) atoms. The van der Waals surface area contributed by atoms with Gasteiger partial charge in [0, 0.05) is 27.8 Å². The molecule has 4 rings (SSSR count). The standard InChI is InChI=1S/C21H19N3OS/c1-14-11-17-5-3-4-6-20(17)24(14)12-21(25)23-18-9-7-16(8-10-18)19-13-26-15(2)22-19/h3-11,13H,12H2,1-2H3,(H,23,25). The molecule has 0 saturated carbocycles. The Hall–Kier alpha value is -2.92. The predicted molar refractivity (Wildman–Crippen MR) is 108 cm³/mol. The maximum atomic E-state index is 12.5. The van der Waals surface area contributed by atoms with Gasteiger partial charge in [0.1, 0.15) is 6.54 Å². The highest BCUT2D eigenvalue weighted by Crippen LogP contribution is 2.23. The molecule has 0 bridgehead atoms. The van der Waals surface area contributed by atoms with Crippen molar-refractivity contribution in [3.8, 4) is 11.3 Å². The second-order valence-electron chi connectivity index (χ2n) is 6.31. The number of amides is 1. The quantitative estimate of drug-likeness (QED) is 0.555. The van der Waals surface area contributed by atoms with Crippen molar-refractivity contribution >= 4 is 33.8 Å². The van der Waals surface area contributed by atoms with E-state index in [1.807, 2.05) is 66.3 Å². The first-order valence-electron chi connectivity index (χ1n) is 8.47. The molecule has 4 nitrogen and oxygen atoms in total. The summed E-state index contributed by atoms with van der Waals surface area (Å²) in [6.07, 6.45) is 0. The summed E-state index contributed by atoms with van der Waals surface area (Å²) in [5, 5.41) is 7.22. The zero-order valence-corrected chi connectivity index (χ0v) is 15.5. The minimum Gasteiger partial charge on any atom is -0.335 e. The number of nitrogens with zero attached hydrogens (tertiary/aromatic N) is 2. The zero-order valence-electron chi connectivity index (χ0n) is 14.7. The summed E-state index contributed by atoms with van der Waals surface area (Å²) < 4.78 is 2.04. The molecule has 0 fully saturated rings. The van der Waals surface area contributed by atoms with Crippen molar-refractivity contribution in [3.63, 3.8) is 0 Å². The van der Waals surface area contributed by atoms with Crippen LogP contribution in [0.4, 0.5) is 5.69 Å². The summed E-state index contributed by atoms with van der Waals surface area (Å²) in [5.74, 6) is -0.0355. The fraction of sp³-hybridized carbons (Fsp3) is 0.143. The number of carbonyl (C=O) groups excluding carboxylic acids is 1. The highest BCUT2D eigenvalue weighted by molar-refractivity contribution is 7.09. The molecule has 0 radical (unpaired) electrons. The van der Waals surface area contributed by atoms with Crippen LogP contribution in [0.2, 0.25) is 0 Å². The number of thiazole rings is 1. The van der Waals surface area contributed by atoms with E-state index < -0.39 is 0 Å². The molecule has 0 spiro atoms. The molecule has 0 saturated heterocycles. The Bertz CT molecular complexity index is 1080. The first-order chi connectivity index (χ1) is 12.6. The minimum atomic E-state index is -0.0355. The van der Waals surface area contributed by atoms with Crippen LogP contribution in [0, 0.1) is 13.8 Å². The number of nitrogens with one attached hydrogen (secondary N) is 1. The van der Waals surface area contributed by atoms with Crippen molar-refractivity contribution in [2.75, 3.05) is 5.32 Å². The molecule has 2 heterocycles. The van der Waals surface area contributed by atoms with Crippen molar-refractivity contribution in [1.82, 2.24) is 9.55 Å². The van der Waals surface area contributed by atoms with E-state index in [0.29, 0.717) is 6.54 Å². The number of hydrogen-bond donors (Lipinski definition) is 1. The smallest absolute Gasteiger partial charge is 0.244 e. The molecule has 1 N–H and O–H groups in total. The van der Waals surface area contributed by atoms with Crippen molar-refractivity contribution in [2.45, 2.75) is 20.4 Å². The first kappa shape index (κ1) is 16.5. The van der Waals surface area contributed by atoms with Gasteiger partial charge in [-0.1, -0.05) is 30.3 Å². The lowest BCUT2D eigenvalue weighted by atomic mass is 10.1. The molecule has 2 aromatic heterocycles. The van der Waals surface area contributed by atoms with Crippen LogP contribution in [0.1, 0.15) is 10.7 Å². The average Bonchev–Trinajstić information content (AvgIpc) is 3.19. The minimum absolute atomic E-state index is 0.0355. The number of aryl methyl sites for hydroxylation is 2. The largest absolute Gasteiger partial charge is 0.335 e. The van der Waals surface area contributed by atoms with Crippen LogP contribution in [-0.2, 0) is 11.3 Å². The third-order valence-electron chi connectivity index (χ3n) is 4.40. The van der Waals surface area contributed by atoms with E-state index in [0.717, 1.165) is 38.5 Å². The van der Waals surface area contributed by atoms with Crippen LogP contribution >= 0.6 is 11.3 Å². The van der Waals surface area contributed by atoms with Crippen LogP contribution in [0.5, 0.6) is 0 Å². The van der Waals surface area contributed by atoms with E-state index in [9.17, 15) is 4.79 Å². The van der Waals surface area contributed by atoms with Gasteiger partial charge >= 0.3 is 0 Å². The number of hydrogen-bond acceptors (Lipinski definition) is 3. The molecule has 2 aromatic carbocycles. The predicted octanol–water partition coefficient (Wildman–Crippen LogP) is 5.02. The molecule has 0 aliphatic carbocycles. The van der Waals surface area contributed by atoms with Crippen molar-refractivity contribution < 1.29 is 4.79 Å². The van der Waals surface area contributed by atoms with Gasteiger partial charge in [-0.25, -0.2) is 4.98 Å². The highest BCUT2D eigenvalue weighted by atomic mass is 32.1. The van der Waals surface area contributed by atoms with Crippen molar-refractivity contribution in [2.24, 2.45) is 0 Å². The normalized spacial score (nSPS) is 11.0. The fourth-order valence-electron chi connectivity index (χ4n) is 3.12. The Balaban J connectivity index is 1.48. The number of fused-ring (bicyclic) bond motifs is 1. The van der Waals surface area contributed by atoms with E-state index in [1.54, 1.807) is 11.3 Å². The van der Waals surface area contributed by atoms with Crippen LogP contribution in [0.15, 0.2) is 60.0 Å². The second kappa shape index (κ2) is 6.77. The average molecular weight is 361 g/mol. The molecule has 0 atom stereocenters. The maximum Gasteiger partial charge on any atom is 0.244 e. The molecule has 0 aliphatic rings. The lowest BCUT2D eigenvalue weighted by Crippen LogP contribution is -2.19. The number of aromatic nitrogens is 2. The van der Waals surface area contributed by atoms with Gasteiger partial charge in [0.25, 0.3) is 0 Å². The van der Waals surface area contributed by atoms with Gasteiger partial charge in [-0.15, -0.1) is 11.3 Å². The third kappa shape index (κ3) is 3.26. The summed E-state index contributed by atoms with van der Waals surface area (Å²) in [4.78, 5) is 17.0. The Morgan fingerprint density at radius 3 is 2.62 bits per heavy atom. The van der Waals surface area contributed by atoms with E-state index in [-0.39, 0.29) is 5.91 Å². The highest BCUT2D eigenvalue weighted by Gasteiger charge is 2.10. The first-order valence-corrected chi connectivity index (χ1v) is 9.35. The Morgan fingerprint density at radius 1 is 1.12 bits per heavy atom. The summed E-state index contributed by atoms with van der Waals surface area (Å²) in [7, 11) is 0. The Labute approximate surface area is 156 Å². The lowest BCUT2D eigenvalue weighted by molar-refractivity contribution is -0.116. The monoisotopic (exact) mass is 361 g/mol. The van der Waals surface area contributed by atoms with Crippen molar-refractivity contribution in [1.29, 1.82) is 0 Å². The van der Waals surface area contributed by atoms with Gasteiger partial charge in [-0.05, 0) is 43.5 Å². The molecule has 5 heteroatoms. The number of benzene rings is 2. The molecule has 0 aliphatic heterocycles. The van der Waals surface area contributed by atoms with Gasteiger partial charge in [0.05, 0.1) is 10.7 Å². The number of anilines is 1. The van der Waals surface area contributed by atoms with Crippen LogP contribution < -0.4 is 5.32 Å². The summed E-state index contributed by atoms with van der Waals surface area (Å²) in [6, 6.07) is 18.0. The third-order valence-corrected chi connectivity index (χ3v) is 5.18. The Morgan fingerprint density at radius 2 is 1.88 bits per heavy atom. The summed E-state index contributed by atoms with van der Waals surface area (Å²) in [5.41, 5.74) is 4.98. The molecule has 0 unspecified atom stereocenters. The van der Waals surface area contributed by atoms with Crippen molar-refractivity contribution in [3.05, 3.63) is 70.7 Å². The second-order valence-corrected chi connectivity index (χ2v) is 7.37. The van der Waals surface area contributed by atoms with E-state index in [1.165, 1.54) is 0 Å². The SMILES string of the molecule is Cc1nc(-c2ccc(NC(=O)Cn3c(C)cc4ccccc43)cc2)cs1. The number of para-hydroxylation sites is 1. The Kier molecular flexibility index (Phi) is 4.31. The molecule has 130 valence electrons. The topological polar surface area (TPSA) is 46.9 Å². The van der Waals surface area contributed by atoms with Crippen LogP contribution in [0.25, 0.3) is 22.2 Å². The van der Waals surface area contributed by atoms with Gasteiger partial charge in [-0.3, -0.25) is 4.79 Å². The molecular formula is C21H19N3OS. The lowest BCUT2D eigenvalue weighted by Gasteiger charge is -2.10. The van der Waals surface area contributed by atoms with Crippen LogP contribution in [0.3, 0.4) is 0 Å². The van der Waals surface area contributed by atoms with Crippen LogP contribution in [-0.4, -0.2) is 15.5 Å². The van der Waals surface area contributed by atoms with E-state index in [4.69, 9.17) is 0 Å². The molecule has 4 aromatic rings. The fourth-order valence-corrected chi connectivity index (χ4v) is 3.74. The number of carbonyl (C=O) groups is 1. The summed E-state index contributed by atoms with van der Waals surface area (Å²) >= 11 is 1.63. The van der Waals surface area contributed by atoms with E-state index >= 15 is 0 Å². The maximum absolute atomic E-state index is 12.5. The number of rotatable bonds is 4. The van der Waals surface area contributed by atoms with Gasteiger partial charge < -0.3 is 9.88 Å². The van der Waals surface area contributed by atoms with Gasteiger partial charge in [0.15, 0.2) is 0 Å². The molecular weight excluding hydrogens is 342 g/mol. The van der Waals surface area contributed by atoms with Gasteiger partial charge in [-0.2, -0.15) is 0 Å². The van der Waals surface area contributed by atoms with Gasteiger partial charge in [0.2, 0.25) is 5.91 Å². The molecule has 1 amide bonds. The summed E-state index contributed by atoms with van der Waals surface area (Å²) in [6.45, 7) is 4.32. The van der Waals surface area contributed by atoms with E-state index in [2.05, 4.69) is 22.4 Å².